The van der Waals surface area contributed by atoms with E-state index in [0.29, 0.717) is 30.2 Å². The molecule has 0 unspecified atom stereocenters. The van der Waals surface area contributed by atoms with Gasteiger partial charge >= 0.3 is 0 Å². The number of hydrogen-bond acceptors (Lipinski definition) is 7. The number of methoxy groups -OCH3 is 1. The molecule has 2 heterocycles. The molecule has 35 heavy (non-hydrogen) atoms. The Bertz CT molecular complexity index is 1270. The number of ether oxygens (including phenoxy) is 1. The van der Waals surface area contributed by atoms with Crippen molar-refractivity contribution >= 4 is 17.7 Å². The predicted octanol–water partition coefficient (Wildman–Crippen LogP) is 3.67. The Kier molecular flexibility index (Phi) is 7.11. The first kappa shape index (κ1) is 24.0. The number of carbonyl (C=O) groups is 1. The molecule has 3 N–H and O–H groups in total. The molecule has 1 aromatic heterocycles. The highest BCUT2D eigenvalue weighted by Gasteiger charge is 2.31. The van der Waals surface area contributed by atoms with Gasteiger partial charge in [-0.25, -0.2) is 9.37 Å². The summed E-state index contributed by atoms with van der Waals surface area (Å²) in [5, 5.41) is 12.0. The molecule has 1 aliphatic heterocycles. The average Bonchev–Trinajstić information content (AvgIpc) is 2.87. The van der Waals surface area contributed by atoms with Crippen molar-refractivity contribution in [1.82, 2.24) is 15.3 Å². The zero-order valence-electron chi connectivity index (χ0n) is 19.7. The van der Waals surface area contributed by atoms with E-state index >= 15 is 0 Å². The van der Waals surface area contributed by atoms with Crippen LogP contribution in [0.4, 0.5) is 16.2 Å². The van der Waals surface area contributed by atoms with Gasteiger partial charge in [0.1, 0.15) is 23.5 Å². The lowest BCUT2D eigenvalue weighted by Crippen LogP contribution is -2.47. The second-order valence-electron chi connectivity index (χ2n) is 8.62. The van der Waals surface area contributed by atoms with Crippen LogP contribution in [-0.2, 0) is 11.3 Å². The standard InChI is InChI=1S/C26H27FN6O2/c1-16-6-7-20(25(34)30-14-17-4-3-5-21(10-17)35-2)15-33(16)24-12-23(31-26(29)32-24)18-8-9-19(13-28)22(27)11-18/h3-5,8-12,16,20H,6-7,14-15H2,1-2H3,(H,30,34)(H2,29,31,32)/t16-,20+/m1/s1. The number of anilines is 2. The minimum Gasteiger partial charge on any atom is -0.497 e. The van der Waals surface area contributed by atoms with Gasteiger partial charge in [-0.05, 0) is 49.6 Å². The number of nitrogen functional groups attached to an aromatic ring is 1. The fraction of sp³-hybridized carbons (Fsp3) is 0.308. The number of rotatable bonds is 6. The quantitative estimate of drug-likeness (QED) is 0.560. The van der Waals surface area contributed by atoms with Crippen molar-refractivity contribution in [3.63, 3.8) is 0 Å². The number of nitrogens with zero attached hydrogens (tertiary/aromatic N) is 4. The van der Waals surface area contributed by atoms with E-state index in [-0.39, 0.29) is 29.4 Å². The van der Waals surface area contributed by atoms with Gasteiger partial charge < -0.3 is 20.7 Å². The van der Waals surface area contributed by atoms with Crippen molar-refractivity contribution in [2.24, 2.45) is 5.92 Å². The Hall–Kier alpha value is -4.19. The van der Waals surface area contributed by atoms with Gasteiger partial charge in [0.15, 0.2) is 0 Å². The number of nitrogens with one attached hydrogen (secondary N) is 1. The predicted molar refractivity (Wildman–Crippen MR) is 131 cm³/mol. The Morgan fingerprint density at radius 1 is 1.26 bits per heavy atom. The first-order chi connectivity index (χ1) is 16.9. The first-order valence-corrected chi connectivity index (χ1v) is 11.4. The third-order valence-corrected chi connectivity index (χ3v) is 6.26. The number of halogens is 1. The maximum absolute atomic E-state index is 14.2. The van der Waals surface area contributed by atoms with Gasteiger partial charge in [-0.15, -0.1) is 0 Å². The summed E-state index contributed by atoms with van der Waals surface area (Å²) >= 11 is 0. The van der Waals surface area contributed by atoms with Crippen LogP contribution in [0.5, 0.6) is 5.75 Å². The average molecular weight is 475 g/mol. The lowest BCUT2D eigenvalue weighted by Gasteiger charge is -2.38. The second kappa shape index (κ2) is 10.4. The highest BCUT2D eigenvalue weighted by atomic mass is 19.1. The molecule has 0 radical (unpaired) electrons. The van der Waals surface area contributed by atoms with Crippen LogP contribution >= 0.6 is 0 Å². The van der Waals surface area contributed by atoms with E-state index in [1.165, 1.54) is 12.1 Å². The van der Waals surface area contributed by atoms with E-state index in [2.05, 4.69) is 22.2 Å². The minimum absolute atomic E-state index is 0.0267. The van der Waals surface area contributed by atoms with Crippen LogP contribution in [0.15, 0.2) is 48.5 Å². The summed E-state index contributed by atoms with van der Waals surface area (Å²) in [4.78, 5) is 23.7. The summed E-state index contributed by atoms with van der Waals surface area (Å²) in [6, 6.07) is 15.6. The molecule has 1 fully saturated rings. The topological polar surface area (TPSA) is 117 Å². The number of nitrogens with two attached hydrogens (primary N) is 1. The van der Waals surface area contributed by atoms with Gasteiger partial charge in [0.25, 0.3) is 0 Å². The highest BCUT2D eigenvalue weighted by Crippen LogP contribution is 2.30. The van der Waals surface area contributed by atoms with Crippen LogP contribution in [0.1, 0.15) is 30.9 Å². The molecule has 4 rings (SSSR count). The summed E-state index contributed by atoms with van der Waals surface area (Å²) in [5.41, 5.74) is 7.86. The number of hydrogen-bond donors (Lipinski definition) is 2. The van der Waals surface area contributed by atoms with Crippen LogP contribution in [0.2, 0.25) is 0 Å². The molecule has 1 saturated heterocycles. The van der Waals surface area contributed by atoms with E-state index < -0.39 is 5.82 Å². The fourth-order valence-corrected chi connectivity index (χ4v) is 4.27. The molecule has 1 amide bonds. The van der Waals surface area contributed by atoms with Crippen molar-refractivity contribution in [2.75, 3.05) is 24.3 Å². The van der Waals surface area contributed by atoms with Crippen LogP contribution in [-0.4, -0.2) is 35.6 Å². The van der Waals surface area contributed by atoms with Crippen molar-refractivity contribution in [3.8, 4) is 23.1 Å². The van der Waals surface area contributed by atoms with Gasteiger partial charge in [-0.1, -0.05) is 18.2 Å². The van der Waals surface area contributed by atoms with Crippen molar-refractivity contribution < 1.29 is 13.9 Å². The molecular weight excluding hydrogens is 447 g/mol. The summed E-state index contributed by atoms with van der Waals surface area (Å²) in [6.07, 6.45) is 1.57. The summed E-state index contributed by atoms with van der Waals surface area (Å²) < 4.78 is 19.4. The monoisotopic (exact) mass is 474 g/mol. The van der Waals surface area contributed by atoms with E-state index in [4.69, 9.17) is 15.7 Å². The summed E-state index contributed by atoms with van der Waals surface area (Å²) in [7, 11) is 1.61. The number of aromatic nitrogens is 2. The lowest BCUT2D eigenvalue weighted by atomic mass is 9.92. The fourth-order valence-electron chi connectivity index (χ4n) is 4.27. The maximum atomic E-state index is 14.2. The third kappa shape index (κ3) is 5.49. The molecular formula is C26H27FN6O2. The lowest BCUT2D eigenvalue weighted by molar-refractivity contribution is -0.125. The van der Waals surface area contributed by atoms with Crippen LogP contribution in [0, 0.1) is 23.1 Å². The molecule has 1 aliphatic rings. The first-order valence-electron chi connectivity index (χ1n) is 11.4. The molecule has 0 spiro atoms. The number of benzene rings is 2. The van der Waals surface area contributed by atoms with E-state index in [1.807, 2.05) is 35.2 Å². The van der Waals surface area contributed by atoms with Gasteiger partial charge in [0.2, 0.25) is 11.9 Å². The summed E-state index contributed by atoms with van der Waals surface area (Å²) in [5.74, 6) is 0.510. The van der Waals surface area contributed by atoms with Crippen molar-refractivity contribution in [1.29, 1.82) is 5.26 Å². The Balaban J connectivity index is 1.50. The number of amides is 1. The molecule has 0 bridgehead atoms. The van der Waals surface area contributed by atoms with Crippen LogP contribution < -0.4 is 20.7 Å². The van der Waals surface area contributed by atoms with Gasteiger partial charge in [-0.3, -0.25) is 4.79 Å². The Morgan fingerprint density at radius 2 is 2.09 bits per heavy atom. The normalized spacial score (nSPS) is 17.5. The van der Waals surface area contributed by atoms with Gasteiger partial charge in [0.05, 0.1) is 24.3 Å². The zero-order valence-corrected chi connectivity index (χ0v) is 19.7. The molecule has 2 atom stereocenters. The smallest absolute Gasteiger partial charge is 0.225 e. The number of piperidine rings is 1. The zero-order chi connectivity index (χ0) is 24.9. The summed E-state index contributed by atoms with van der Waals surface area (Å²) in [6.45, 7) is 2.96. The number of carbonyl (C=O) groups excluding carboxylic acids is 1. The van der Waals surface area contributed by atoms with E-state index in [0.717, 1.165) is 24.2 Å². The molecule has 3 aromatic rings. The van der Waals surface area contributed by atoms with Crippen LogP contribution in [0.25, 0.3) is 11.3 Å². The maximum Gasteiger partial charge on any atom is 0.225 e. The minimum atomic E-state index is -0.622. The molecule has 9 heteroatoms. The Morgan fingerprint density at radius 3 is 2.83 bits per heavy atom. The van der Waals surface area contributed by atoms with Gasteiger partial charge in [0, 0.05) is 30.8 Å². The van der Waals surface area contributed by atoms with E-state index in [9.17, 15) is 9.18 Å². The molecule has 180 valence electrons. The van der Waals surface area contributed by atoms with Crippen molar-refractivity contribution in [2.45, 2.75) is 32.4 Å². The largest absolute Gasteiger partial charge is 0.497 e. The third-order valence-electron chi connectivity index (χ3n) is 6.26. The Labute approximate surface area is 203 Å². The molecule has 2 aromatic carbocycles. The molecule has 0 saturated carbocycles. The number of nitriles is 1. The molecule has 0 aliphatic carbocycles. The van der Waals surface area contributed by atoms with E-state index in [1.54, 1.807) is 19.2 Å². The second-order valence-corrected chi connectivity index (χ2v) is 8.62. The van der Waals surface area contributed by atoms with Gasteiger partial charge in [-0.2, -0.15) is 10.2 Å². The van der Waals surface area contributed by atoms with Crippen LogP contribution in [0.3, 0.4) is 0 Å². The van der Waals surface area contributed by atoms with Crippen molar-refractivity contribution in [3.05, 3.63) is 65.5 Å². The SMILES string of the molecule is COc1cccc(CNC(=O)[C@H]2CC[C@@H](C)N(c3cc(-c4ccc(C#N)c(F)c4)nc(N)n3)C2)c1. The molecule has 8 nitrogen and oxygen atoms in total. The highest BCUT2D eigenvalue weighted by molar-refractivity contribution is 5.79.